The van der Waals surface area contributed by atoms with Gasteiger partial charge in [-0.25, -0.2) is 0 Å². The summed E-state index contributed by atoms with van der Waals surface area (Å²) < 4.78 is 0. The van der Waals surface area contributed by atoms with Crippen molar-refractivity contribution in [3.63, 3.8) is 0 Å². The normalized spacial score (nSPS) is 26.1. The predicted octanol–water partition coefficient (Wildman–Crippen LogP) is 14.2. The van der Waals surface area contributed by atoms with Gasteiger partial charge in [0.25, 0.3) is 0 Å². The second-order valence-corrected chi connectivity index (χ2v) is 14.3. The fourth-order valence-electron chi connectivity index (χ4n) is 8.78. The van der Waals surface area contributed by atoms with Crippen LogP contribution in [-0.4, -0.2) is 0 Å². The van der Waals surface area contributed by atoms with Gasteiger partial charge in [-0.1, -0.05) is 149 Å². The molecule has 0 saturated carbocycles. The molecule has 0 unspecified atom stereocenters. The van der Waals surface area contributed by atoms with Crippen LogP contribution in [0.1, 0.15) is 205 Å². The summed E-state index contributed by atoms with van der Waals surface area (Å²) >= 11 is 0. The van der Waals surface area contributed by atoms with E-state index in [9.17, 15) is 0 Å². The average Bonchev–Trinajstić information content (AvgIpc) is 3.01. The summed E-state index contributed by atoms with van der Waals surface area (Å²) in [5, 5.41) is 0. The highest BCUT2D eigenvalue weighted by Gasteiger charge is 2.43. The van der Waals surface area contributed by atoms with E-state index in [1.807, 2.05) is 22.3 Å². The molecule has 0 aromatic carbocycles. The summed E-state index contributed by atoms with van der Waals surface area (Å²) in [6, 6.07) is 0. The van der Waals surface area contributed by atoms with Gasteiger partial charge in [0.15, 0.2) is 0 Å². The highest BCUT2D eigenvalue weighted by molar-refractivity contribution is 5.52. The molecular formula is C41H68. The maximum absolute atomic E-state index is 2.85. The van der Waals surface area contributed by atoms with E-state index in [2.05, 4.69) is 24.3 Å². The lowest BCUT2D eigenvalue weighted by Gasteiger charge is -2.45. The van der Waals surface area contributed by atoms with Crippen molar-refractivity contribution in [2.45, 2.75) is 205 Å². The van der Waals surface area contributed by atoms with Gasteiger partial charge in [0.05, 0.1) is 5.41 Å². The van der Waals surface area contributed by atoms with E-state index in [1.165, 1.54) is 205 Å². The third-order valence-corrected chi connectivity index (χ3v) is 11.1. The van der Waals surface area contributed by atoms with Crippen molar-refractivity contribution < 1.29 is 0 Å². The molecule has 0 aromatic rings. The van der Waals surface area contributed by atoms with Gasteiger partial charge in [-0.2, -0.15) is 0 Å². The van der Waals surface area contributed by atoms with Gasteiger partial charge in [-0.3, -0.25) is 0 Å². The lowest BCUT2D eigenvalue weighted by Crippen LogP contribution is -2.33. The standard InChI is InChI=1S/C41H68/c1-5-13-21-29-37(30-22-14-6-1)41(38-31-23-15-7-2-8-16-24-32-38,39-33-25-17-9-3-10-18-26-34-39)40-35-27-19-11-4-12-20-28-36-40/h29,31,33,35H,1-28,30,32,34,36H2. The molecule has 0 fully saturated rings. The molecule has 4 aliphatic rings. The Balaban J connectivity index is 1.91. The monoisotopic (exact) mass is 561 g/mol. The number of rotatable bonds is 4. The third kappa shape index (κ3) is 10.6. The first-order valence-corrected chi connectivity index (χ1v) is 19.2. The Morgan fingerprint density at radius 1 is 0.244 bits per heavy atom. The highest BCUT2D eigenvalue weighted by Crippen LogP contribution is 2.56. The lowest BCUT2D eigenvalue weighted by molar-refractivity contribution is 0.451. The van der Waals surface area contributed by atoms with Crippen LogP contribution in [0.4, 0.5) is 0 Å². The lowest BCUT2D eigenvalue weighted by atomic mass is 9.58. The zero-order chi connectivity index (χ0) is 28.3. The number of hydrogen-bond donors (Lipinski definition) is 0. The summed E-state index contributed by atoms with van der Waals surface area (Å²) in [4.78, 5) is 0. The Morgan fingerprint density at radius 2 is 0.439 bits per heavy atom. The van der Waals surface area contributed by atoms with Crippen molar-refractivity contribution in [3.05, 3.63) is 46.6 Å². The SMILES string of the molecule is C1=C(C(C2=CCCCCCCCC2)(C2=CCCCCCCCC2)C2=CCCCCCCCC2)CCCCCCCC1. The van der Waals surface area contributed by atoms with Crippen molar-refractivity contribution in [1.82, 2.24) is 0 Å². The zero-order valence-corrected chi connectivity index (χ0v) is 27.4. The number of hydrogen-bond acceptors (Lipinski definition) is 0. The van der Waals surface area contributed by atoms with E-state index in [4.69, 9.17) is 0 Å². The van der Waals surface area contributed by atoms with Gasteiger partial charge < -0.3 is 0 Å². The molecule has 0 heterocycles. The molecule has 0 aliphatic heterocycles. The van der Waals surface area contributed by atoms with Crippen LogP contribution < -0.4 is 0 Å². The Kier molecular flexibility index (Phi) is 16.0. The maximum Gasteiger partial charge on any atom is 0.0541 e. The quantitative estimate of drug-likeness (QED) is 0.300. The fraction of sp³-hybridized carbons (Fsp3) is 0.805. The van der Waals surface area contributed by atoms with Crippen LogP contribution in [0.25, 0.3) is 0 Å². The van der Waals surface area contributed by atoms with Gasteiger partial charge in [-0.15, -0.1) is 0 Å². The summed E-state index contributed by atoms with van der Waals surface area (Å²) in [6.45, 7) is 0. The van der Waals surface area contributed by atoms with Gasteiger partial charge in [0.2, 0.25) is 0 Å². The predicted molar refractivity (Wildman–Crippen MR) is 183 cm³/mol. The smallest absolute Gasteiger partial charge is 0.0541 e. The van der Waals surface area contributed by atoms with Crippen LogP contribution in [0.5, 0.6) is 0 Å². The first kappa shape index (κ1) is 32.9. The van der Waals surface area contributed by atoms with Crippen LogP contribution in [0.2, 0.25) is 0 Å². The van der Waals surface area contributed by atoms with E-state index in [-0.39, 0.29) is 5.41 Å². The fourth-order valence-corrected chi connectivity index (χ4v) is 8.78. The molecule has 0 atom stereocenters. The first-order valence-electron chi connectivity index (χ1n) is 19.2. The second kappa shape index (κ2) is 20.0. The minimum absolute atomic E-state index is 0.108. The van der Waals surface area contributed by atoms with E-state index in [0.29, 0.717) is 0 Å². The van der Waals surface area contributed by atoms with Crippen molar-refractivity contribution in [2.75, 3.05) is 0 Å². The van der Waals surface area contributed by atoms with Crippen LogP contribution in [0.3, 0.4) is 0 Å². The summed E-state index contributed by atoms with van der Waals surface area (Å²) in [6.07, 6.45) is 56.3. The summed E-state index contributed by atoms with van der Waals surface area (Å²) in [5.74, 6) is 0. The Hall–Kier alpha value is -1.04. The molecule has 41 heavy (non-hydrogen) atoms. The topological polar surface area (TPSA) is 0 Å². The largest absolute Gasteiger partial charge is 0.0838 e. The van der Waals surface area contributed by atoms with Crippen molar-refractivity contribution in [3.8, 4) is 0 Å². The molecule has 0 saturated heterocycles. The molecule has 0 spiro atoms. The van der Waals surface area contributed by atoms with Gasteiger partial charge in [0, 0.05) is 0 Å². The molecule has 0 nitrogen and oxygen atoms in total. The molecule has 0 amide bonds. The Labute approximate surface area is 257 Å². The minimum atomic E-state index is 0.108. The molecule has 0 heteroatoms. The molecule has 0 N–H and O–H groups in total. The van der Waals surface area contributed by atoms with Crippen LogP contribution >= 0.6 is 0 Å². The zero-order valence-electron chi connectivity index (χ0n) is 27.4. The Bertz CT molecular complexity index is 691. The minimum Gasteiger partial charge on any atom is -0.0838 e. The van der Waals surface area contributed by atoms with Gasteiger partial charge in [0.1, 0.15) is 0 Å². The van der Waals surface area contributed by atoms with Crippen molar-refractivity contribution in [2.24, 2.45) is 5.41 Å². The maximum atomic E-state index is 2.85. The highest BCUT2D eigenvalue weighted by atomic mass is 14.5. The first-order chi connectivity index (χ1) is 20.4. The second-order valence-electron chi connectivity index (χ2n) is 14.3. The molecule has 232 valence electrons. The third-order valence-electron chi connectivity index (χ3n) is 11.1. The average molecular weight is 561 g/mol. The van der Waals surface area contributed by atoms with Gasteiger partial charge in [-0.05, 0) is 103 Å². The summed E-state index contributed by atoms with van der Waals surface area (Å²) in [5.41, 5.74) is 7.59. The molecule has 0 aromatic heterocycles. The van der Waals surface area contributed by atoms with E-state index in [1.54, 1.807) is 0 Å². The number of allylic oxidation sites excluding steroid dienone is 8. The van der Waals surface area contributed by atoms with Crippen molar-refractivity contribution >= 4 is 0 Å². The van der Waals surface area contributed by atoms with Crippen LogP contribution in [0, 0.1) is 5.41 Å². The molecule has 4 rings (SSSR count). The van der Waals surface area contributed by atoms with Gasteiger partial charge >= 0.3 is 0 Å². The van der Waals surface area contributed by atoms with E-state index in [0.717, 1.165) is 0 Å². The Morgan fingerprint density at radius 3 is 0.683 bits per heavy atom. The summed E-state index contributed by atoms with van der Waals surface area (Å²) in [7, 11) is 0. The van der Waals surface area contributed by atoms with Crippen LogP contribution in [-0.2, 0) is 0 Å². The van der Waals surface area contributed by atoms with Crippen molar-refractivity contribution in [1.29, 1.82) is 0 Å². The van der Waals surface area contributed by atoms with E-state index < -0.39 is 0 Å². The van der Waals surface area contributed by atoms with E-state index >= 15 is 0 Å². The molecule has 0 bridgehead atoms. The molecular weight excluding hydrogens is 492 g/mol. The molecule has 4 aliphatic carbocycles. The molecule has 0 radical (unpaired) electrons. The van der Waals surface area contributed by atoms with Crippen LogP contribution in [0.15, 0.2) is 46.6 Å².